The molecular formula is C17H27N3O2S. The van der Waals surface area contributed by atoms with Crippen LogP contribution in [0.5, 0.6) is 0 Å². The Balaban J connectivity index is 1.92. The molecular weight excluding hydrogens is 310 g/mol. The van der Waals surface area contributed by atoms with Gasteiger partial charge < -0.3 is 10.2 Å². The first-order valence-electron chi connectivity index (χ1n) is 8.30. The summed E-state index contributed by atoms with van der Waals surface area (Å²) < 4.78 is 0. The maximum absolute atomic E-state index is 12.5. The summed E-state index contributed by atoms with van der Waals surface area (Å²) in [5.74, 6) is 0.960. The lowest BCUT2D eigenvalue weighted by molar-refractivity contribution is -0.142. The Kier molecular flexibility index (Phi) is 5.79. The van der Waals surface area contributed by atoms with Crippen LogP contribution in [-0.4, -0.2) is 34.8 Å². The Hall–Kier alpha value is -1.43. The lowest BCUT2D eigenvalue weighted by Crippen LogP contribution is -2.48. The second kappa shape index (κ2) is 7.43. The second-order valence-corrected chi connectivity index (χ2v) is 8.20. The van der Waals surface area contributed by atoms with Crippen molar-refractivity contribution in [1.82, 2.24) is 9.88 Å². The third-order valence-electron chi connectivity index (χ3n) is 4.47. The number of hydrogen-bond acceptors (Lipinski definition) is 4. The molecule has 0 unspecified atom stereocenters. The van der Waals surface area contributed by atoms with Gasteiger partial charge in [0.2, 0.25) is 11.8 Å². The van der Waals surface area contributed by atoms with Gasteiger partial charge in [-0.25, -0.2) is 4.98 Å². The van der Waals surface area contributed by atoms with Gasteiger partial charge in [-0.3, -0.25) is 9.59 Å². The van der Waals surface area contributed by atoms with E-state index in [1.807, 2.05) is 31.1 Å². The number of hydrogen-bond donors (Lipinski definition) is 1. The van der Waals surface area contributed by atoms with Crippen LogP contribution >= 0.6 is 11.3 Å². The van der Waals surface area contributed by atoms with Crippen LogP contribution in [-0.2, 0) is 9.59 Å². The Labute approximate surface area is 142 Å². The van der Waals surface area contributed by atoms with Crippen molar-refractivity contribution in [2.45, 2.75) is 47.0 Å². The fourth-order valence-corrected chi connectivity index (χ4v) is 3.71. The third-order valence-corrected chi connectivity index (χ3v) is 5.16. The smallest absolute Gasteiger partial charge is 0.227 e. The molecule has 2 atom stereocenters. The Morgan fingerprint density at radius 3 is 2.70 bits per heavy atom. The van der Waals surface area contributed by atoms with Gasteiger partial charge in [0.25, 0.3) is 0 Å². The quantitative estimate of drug-likeness (QED) is 0.916. The number of nitrogens with one attached hydrogen (secondary N) is 1. The summed E-state index contributed by atoms with van der Waals surface area (Å²) in [5.41, 5.74) is -0.340. The molecule has 0 aromatic carbocycles. The molecule has 1 saturated heterocycles. The minimum atomic E-state index is -0.340. The van der Waals surface area contributed by atoms with E-state index < -0.39 is 0 Å². The van der Waals surface area contributed by atoms with Crippen LogP contribution in [0.4, 0.5) is 5.13 Å². The molecule has 23 heavy (non-hydrogen) atoms. The number of anilines is 1. The molecule has 0 saturated carbocycles. The van der Waals surface area contributed by atoms with Crippen LogP contribution in [0.2, 0.25) is 0 Å². The van der Waals surface area contributed by atoms with Crippen molar-refractivity contribution in [3.8, 4) is 0 Å². The largest absolute Gasteiger partial charge is 0.342 e. The fraction of sp³-hybridized carbons (Fsp3) is 0.706. The first kappa shape index (κ1) is 17.9. The molecule has 1 fully saturated rings. The van der Waals surface area contributed by atoms with E-state index in [0.29, 0.717) is 23.4 Å². The summed E-state index contributed by atoms with van der Waals surface area (Å²) in [6.45, 7) is 9.54. The van der Waals surface area contributed by atoms with Gasteiger partial charge in [0.1, 0.15) is 0 Å². The van der Waals surface area contributed by atoms with Crippen molar-refractivity contribution < 1.29 is 9.59 Å². The highest BCUT2D eigenvalue weighted by Crippen LogP contribution is 2.31. The molecule has 2 amide bonds. The predicted octanol–water partition coefficient (Wildman–Crippen LogP) is 3.39. The molecule has 2 heterocycles. The van der Waals surface area contributed by atoms with Crippen LogP contribution in [0.25, 0.3) is 0 Å². The zero-order valence-corrected chi connectivity index (χ0v) is 15.3. The van der Waals surface area contributed by atoms with Gasteiger partial charge in [-0.2, -0.15) is 0 Å². The number of carbonyl (C=O) groups excluding carboxylic acids is 2. The fourth-order valence-electron chi connectivity index (χ4n) is 3.16. The van der Waals surface area contributed by atoms with Gasteiger partial charge in [0.05, 0.1) is 0 Å². The number of likely N-dealkylation sites (tertiary alicyclic amines) is 1. The molecule has 0 aliphatic carbocycles. The zero-order valence-electron chi connectivity index (χ0n) is 14.5. The van der Waals surface area contributed by atoms with Gasteiger partial charge in [-0.1, -0.05) is 34.1 Å². The van der Waals surface area contributed by atoms with Gasteiger partial charge in [-0.05, 0) is 18.3 Å². The maximum Gasteiger partial charge on any atom is 0.227 e. The monoisotopic (exact) mass is 337 g/mol. The standard InChI is InChI=1S/C17H27N3O2S/c1-5-12-11-20(15(22)17(2,3)4)8-6-13(12)10-14(21)19-16-18-7-9-23-16/h7,9,12-13H,5-6,8,10-11H2,1-4H3,(H,18,19,21)/t12-,13+/m1/s1. The zero-order chi connectivity index (χ0) is 17.0. The summed E-state index contributed by atoms with van der Waals surface area (Å²) in [6, 6.07) is 0. The molecule has 1 aromatic heterocycles. The number of rotatable bonds is 4. The molecule has 0 bridgehead atoms. The van der Waals surface area contributed by atoms with Gasteiger partial charge in [0, 0.05) is 36.5 Å². The maximum atomic E-state index is 12.5. The minimum absolute atomic E-state index is 0.0268. The molecule has 0 spiro atoms. The van der Waals surface area contributed by atoms with Crippen molar-refractivity contribution in [2.75, 3.05) is 18.4 Å². The molecule has 2 rings (SSSR count). The Morgan fingerprint density at radius 2 is 2.13 bits per heavy atom. The van der Waals surface area contributed by atoms with Crippen LogP contribution in [0.3, 0.4) is 0 Å². The van der Waals surface area contributed by atoms with Crippen LogP contribution in [0.1, 0.15) is 47.0 Å². The van der Waals surface area contributed by atoms with E-state index in [9.17, 15) is 9.59 Å². The van der Waals surface area contributed by atoms with E-state index in [2.05, 4.69) is 17.2 Å². The summed E-state index contributed by atoms with van der Waals surface area (Å²) in [7, 11) is 0. The predicted molar refractivity (Wildman–Crippen MR) is 93.3 cm³/mol. The lowest BCUT2D eigenvalue weighted by Gasteiger charge is -2.40. The van der Waals surface area contributed by atoms with E-state index in [0.717, 1.165) is 25.9 Å². The van der Waals surface area contributed by atoms with E-state index in [1.54, 1.807) is 6.20 Å². The van der Waals surface area contributed by atoms with E-state index in [1.165, 1.54) is 11.3 Å². The number of piperidine rings is 1. The number of aromatic nitrogens is 1. The summed E-state index contributed by atoms with van der Waals surface area (Å²) in [5, 5.41) is 5.36. The molecule has 6 heteroatoms. The van der Waals surface area contributed by atoms with E-state index >= 15 is 0 Å². The number of carbonyl (C=O) groups is 2. The van der Waals surface area contributed by atoms with Crippen LogP contribution in [0, 0.1) is 17.3 Å². The highest BCUT2D eigenvalue weighted by Gasteiger charge is 2.35. The van der Waals surface area contributed by atoms with Crippen molar-refractivity contribution in [1.29, 1.82) is 0 Å². The average Bonchev–Trinajstić information content (AvgIpc) is 2.98. The second-order valence-electron chi connectivity index (χ2n) is 7.31. The first-order chi connectivity index (χ1) is 10.8. The summed E-state index contributed by atoms with van der Waals surface area (Å²) >= 11 is 1.43. The normalized spacial score (nSPS) is 22.0. The Morgan fingerprint density at radius 1 is 1.39 bits per heavy atom. The van der Waals surface area contributed by atoms with Crippen molar-refractivity contribution in [2.24, 2.45) is 17.3 Å². The van der Waals surface area contributed by atoms with Crippen molar-refractivity contribution >= 4 is 28.3 Å². The van der Waals surface area contributed by atoms with E-state index in [4.69, 9.17) is 0 Å². The molecule has 1 N–H and O–H groups in total. The van der Waals surface area contributed by atoms with Crippen LogP contribution in [0.15, 0.2) is 11.6 Å². The molecule has 1 aromatic rings. The molecule has 0 radical (unpaired) electrons. The number of thiazole rings is 1. The molecule has 1 aliphatic heterocycles. The third kappa shape index (κ3) is 4.77. The number of nitrogens with zero attached hydrogens (tertiary/aromatic N) is 2. The average molecular weight is 337 g/mol. The number of amides is 2. The topological polar surface area (TPSA) is 62.3 Å². The Bertz CT molecular complexity index is 537. The van der Waals surface area contributed by atoms with Crippen LogP contribution < -0.4 is 5.32 Å². The minimum Gasteiger partial charge on any atom is -0.342 e. The molecule has 1 aliphatic rings. The molecule has 5 nitrogen and oxygen atoms in total. The SMILES string of the molecule is CC[C@@H]1CN(C(=O)C(C)(C)C)CC[C@H]1CC(=O)Nc1nccs1. The highest BCUT2D eigenvalue weighted by atomic mass is 32.1. The summed E-state index contributed by atoms with van der Waals surface area (Å²) in [6.07, 6.45) is 4.08. The van der Waals surface area contributed by atoms with Gasteiger partial charge in [-0.15, -0.1) is 11.3 Å². The van der Waals surface area contributed by atoms with Gasteiger partial charge in [0.15, 0.2) is 5.13 Å². The van der Waals surface area contributed by atoms with Gasteiger partial charge >= 0.3 is 0 Å². The molecule has 128 valence electrons. The first-order valence-corrected chi connectivity index (χ1v) is 9.18. The summed E-state index contributed by atoms with van der Waals surface area (Å²) in [4.78, 5) is 30.7. The van der Waals surface area contributed by atoms with E-state index in [-0.39, 0.29) is 17.2 Å². The van der Waals surface area contributed by atoms with Crippen molar-refractivity contribution in [3.05, 3.63) is 11.6 Å². The highest BCUT2D eigenvalue weighted by molar-refractivity contribution is 7.13. The lowest BCUT2D eigenvalue weighted by atomic mass is 9.80. The van der Waals surface area contributed by atoms with Crippen molar-refractivity contribution in [3.63, 3.8) is 0 Å².